The van der Waals surface area contributed by atoms with E-state index in [1.165, 1.54) is 23.9 Å². The van der Waals surface area contributed by atoms with E-state index in [1.54, 1.807) is 27.8 Å². The molecule has 1 aliphatic heterocycles. The number of hydrogen-bond donors (Lipinski definition) is 0. The first-order valence-corrected chi connectivity index (χ1v) is 9.95. The van der Waals surface area contributed by atoms with Crippen LogP contribution >= 0.6 is 11.3 Å². The van der Waals surface area contributed by atoms with Crippen molar-refractivity contribution in [1.82, 2.24) is 4.31 Å². The molecule has 6 heteroatoms. The van der Waals surface area contributed by atoms with E-state index in [-0.39, 0.29) is 10.7 Å². The maximum atomic E-state index is 12.7. The summed E-state index contributed by atoms with van der Waals surface area (Å²) in [4.78, 5) is 12.9. The minimum Gasteiger partial charge on any atom is -0.295 e. The number of piperidine rings is 1. The second-order valence-corrected chi connectivity index (χ2v) is 8.69. The molecule has 0 atom stereocenters. The molecule has 0 unspecified atom stereocenters. The molecule has 1 saturated heterocycles. The number of benzene rings is 1. The molecule has 2 aromatic rings. The Morgan fingerprint density at radius 3 is 2.30 bits per heavy atom. The van der Waals surface area contributed by atoms with E-state index >= 15 is 0 Å². The second kappa shape index (κ2) is 6.55. The Morgan fingerprint density at radius 2 is 1.78 bits per heavy atom. The number of hydrogen-bond acceptors (Lipinski definition) is 4. The van der Waals surface area contributed by atoms with Crippen LogP contribution in [0.2, 0.25) is 0 Å². The summed E-state index contributed by atoms with van der Waals surface area (Å²) in [6.45, 7) is 2.55. The van der Waals surface area contributed by atoms with Crippen LogP contribution in [-0.2, 0) is 10.0 Å². The van der Waals surface area contributed by atoms with Crippen molar-refractivity contribution in [1.29, 1.82) is 0 Å². The van der Waals surface area contributed by atoms with Gasteiger partial charge in [-0.05, 0) is 49.3 Å². The van der Waals surface area contributed by atoms with Gasteiger partial charge in [-0.1, -0.05) is 18.2 Å². The fourth-order valence-electron chi connectivity index (χ4n) is 2.91. The highest BCUT2D eigenvalue weighted by Gasteiger charge is 2.30. The lowest BCUT2D eigenvalue weighted by Gasteiger charge is -2.30. The number of thiophene rings is 1. The summed E-state index contributed by atoms with van der Waals surface area (Å²) in [7, 11) is -3.47. The molecule has 4 nitrogen and oxygen atoms in total. The number of rotatable bonds is 4. The number of carbonyl (C=O) groups excluding carboxylic acids is 1. The summed E-state index contributed by atoms with van der Waals surface area (Å²) in [6, 6.07) is 10.4. The van der Waals surface area contributed by atoms with Crippen molar-refractivity contribution in [3.63, 3.8) is 0 Å². The molecule has 1 aromatic heterocycles. The number of Topliss-reactive ketones (excluding diaryl/α,β-unsaturated/α-hetero) is 1. The Morgan fingerprint density at radius 1 is 1.13 bits per heavy atom. The smallest absolute Gasteiger partial charge is 0.243 e. The van der Waals surface area contributed by atoms with Gasteiger partial charge in [-0.3, -0.25) is 4.79 Å². The fraction of sp³-hybridized carbons (Fsp3) is 0.353. The second-order valence-electron chi connectivity index (χ2n) is 5.77. The van der Waals surface area contributed by atoms with Crippen LogP contribution in [0.3, 0.4) is 0 Å². The molecule has 23 heavy (non-hydrogen) atoms. The van der Waals surface area contributed by atoms with Crippen LogP contribution in [0.5, 0.6) is 0 Å². The number of ketones is 1. The fourth-order valence-corrected chi connectivity index (χ4v) is 5.28. The van der Waals surface area contributed by atoms with Crippen LogP contribution in [0.15, 0.2) is 46.7 Å². The third kappa shape index (κ3) is 3.39. The number of sulfonamides is 1. The number of carbonyl (C=O) groups is 1. The van der Waals surface area contributed by atoms with Crippen molar-refractivity contribution >= 4 is 27.1 Å². The molecule has 2 heterocycles. The summed E-state index contributed by atoms with van der Waals surface area (Å²) < 4.78 is 27.0. The summed E-state index contributed by atoms with van der Waals surface area (Å²) in [6.07, 6.45) is 1.70. The quantitative estimate of drug-likeness (QED) is 0.794. The normalized spacial score (nSPS) is 17.3. The summed E-state index contributed by atoms with van der Waals surface area (Å²) >= 11 is 1.74. The molecule has 0 spiro atoms. The minimum absolute atomic E-state index is 0.0642. The highest BCUT2D eigenvalue weighted by atomic mass is 32.2. The van der Waals surface area contributed by atoms with Gasteiger partial charge in [0.2, 0.25) is 10.0 Å². The van der Waals surface area contributed by atoms with Gasteiger partial charge in [0.15, 0.2) is 5.78 Å². The number of nitrogens with zero attached hydrogens (tertiary/aromatic N) is 1. The van der Waals surface area contributed by atoms with E-state index in [1.807, 2.05) is 6.07 Å². The summed E-state index contributed by atoms with van der Waals surface area (Å²) in [5.41, 5.74) is 0.528. The topological polar surface area (TPSA) is 54.5 Å². The summed E-state index contributed by atoms with van der Waals surface area (Å²) in [5, 5.41) is 2.06. The lowest BCUT2D eigenvalue weighted by atomic mass is 9.97. The van der Waals surface area contributed by atoms with Gasteiger partial charge in [0.05, 0.1) is 4.90 Å². The maximum Gasteiger partial charge on any atom is 0.243 e. The highest BCUT2D eigenvalue weighted by Crippen LogP contribution is 2.33. The Bertz CT molecular complexity index is 772. The van der Waals surface area contributed by atoms with Crippen molar-refractivity contribution in [2.75, 3.05) is 13.1 Å². The standard InChI is InChI=1S/C17H19NO3S2/c1-13(19)14-4-6-16(7-5-14)23(20,21)18-10-8-15(9-11-18)17-3-2-12-22-17/h2-7,12,15H,8-11H2,1H3. The molecule has 0 N–H and O–H groups in total. The van der Waals surface area contributed by atoms with Gasteiger partial charge >= 0.3 is 0 Å². The molecule has 122 valence electrons. The van der Waals surface area contributed by atoms with Crippen molar-refractivity contribution < 1.29 is 13.2 Å². The lowest BCUT2D eigenvalue weighted by molar-refractivity contribution is 0.101. The van der Waals surface area contributed by atoms with Crippen LogP contribution in [-0.4, -0.2) is 31.6 Å². The predicted molar refractivity (Wildman–Crippen MR) is 91.5 cm³/mol. The Labute approximate surface area is 140 Å². The largest absolute Gasteiger partial charge is 0.295 e. The van der Waals surface area contributed by atoms with E-state index < -0.39 is 10.0 Å². The van der Waals surface area contributed by atoms with Gasteiger partial charge in [-0.25, -0.2) is 8.42 Å². The predicted octanol–water partition coefficient (Wildman–Crippen LogP) is 3.52. The van der Waals surface area contributed by atoms with Gasteiger partial charge in [-0.15, -0.1) is 11.3 Å². The molecule has 1 aromatic carbocycles. The van der Waals surface area contributed by atoms with Gasteiger partial charge in [-0.2, -0.15) is 4.31 Å². The van der Waals surface area contributed by atoms with Crippen molar-refractivity contribution in [2.45, 2.75) is 30.6 Å². The van der Waals surface area contributed by atoms with E-state index in [0.717, 1.165) is 12.8 Å². The Hall–Kier alpha value is -1.50. The van der Waals surface area contributed by atoms with E-state index in [4.69, 9.17) is 0 Å². The maximum absolute atomic E-state index is 12.7. The molecular formula is C17H19NO3S2. The average Bonchev–Trinajstić information content (AvgIpc) is 3.09. The Balaban J connectivity index is 1.72. The first-order chi connectivity index (χ1) is 11.0. The molecule has 0 aliphatic carbocycles. The lowest BCUT2D eigenvalue weighted by Crippen LogP contribution is -2.37. The zero-order valence-electron chi connectivity index (χ0n) is 12.9. The molecular weight excluding hydrogens is 330 g/mol. The van der Waals surface area contributed by atoms with Gasteiger partial charge in [0, 0.05) is 23.5 Å². The Kier molecular flexibility index (Phi) is 4.66. The molecule has 0 saturated carbocycles. The van der Waals surface area contributed by atoms with E-state index in [2.05, 4.69) is 11.4 Å². The third-order valence-corrected chi connectivity index (χ3v) is 7.25. The van der Waals surface area contributed by atoms with E-state index in [9.17, 15) is 13.2 Å². The summed E-state index contributed by atoms with van der Waals surface area (Å²) in [5.74, 6) is 0.396. The molecule has 3 rings (SSSR count). The van der Waals surface area contributed by atoms with Crippen LogP contribution < -0.4 is 0 Å². The first-order valence-electron chi connectivity index (χ1n) is 7.63. The highest BCUT2D eigenvalue weighted by molar-refractivity contribution is 7.89. The molecule has 0 amide bonds. The van der Waals surface area contributed by atoms with Crippen molar-refractivity contribution in [3.8, 4) is 0 Å². The van der Waals surface area contributed by atoms with Crippen LogP contribution in [0, 0.1) is 0 Å². The van der Waals surface area contributed by atoms with Gasteiger partial charge in [0.25, 0.3) is 0 Å². The minimum atomic E-state index is -3.47. The molecule has 1 fully saturated rings. The van der Waals surface area contributed by atoms with E-state index in [0.29, 0.717) is 24.6 Å². The third-order valence-electron chi connectivity index (χ3n) is 4.30. The van der Waals surface area contributed by atoms with Gasteiger partial charge < -0.3 is 0 Å². The van der Waals surface area contributed by atoms with Crippen LogP contribution in [0.1, 0.15) is 40.9 Å². The van der Waals surface area contributed by atoms with Crippen LogP contribution in [0.25, 0.3) is 0 Å². The van der Waals surface area contributed by atoms with Gasteiger partial charge in [0.1, 0.15) is 0 Å². The zero-order chi connectivity index (χ0) is 16.4. The SMILES string of the molecule is CC(=O)c1ccc(S(=O)(=O)N2CCC(c3cccs3)CC2)cc1. The van der Waals surface area contributed by atoms with Crippen molar-refractivity contribution in [3.05, 3.63) is 52.2 Å². The molecule has 0 bridgehead atoms. The average molecular weight is 349 g/mol. The molecule has 0 radical (unpaired) electrons. The first kappa shape index (κ1) is 16.4. The monoisotopic (exact) mass is 349 g/mol. The molecule has 1 aliphatic rings. The zero-order valence-corrected chi connectivity index (χ0v) is 14.6. The van der Waals surface area contributed by atoms with Crippen molar-refractivity contribution in [2.24, 2.45) is 0 Å². The van der Waals surface area contributed by atoms with Crippen LogP contribution in [0.4, 0.5) is 0 Å².